The molecule has 2 nitrogen and oxygen atoms in total. The van der Waals surface area contributed by atoms with Crippen LogP contribution in [0, 0.1) is 0 Å². The number of hydrogen-bond acceptors (Lipinski definition) is 2. The Morgan fingerprint density at radius 2 is 1.95 bits per heavy atom. The summed E-state index contributed by atoms with van der Waals surface area (Å²) in [6.07, 6.45) is 2.68. The highest BCUT2D eigenvalue weighted by Crippen LogP contribution is 2.16. The number of likely N-dealkylation sites (N-methyl/N-ethyl adjacent to an activating group) is 1. The minimum absolute atomic E-state index is 0. The van der Waals surface area contributed by atoms with Gasteiger partial charge >= 0.3 is 0 Å². The first-order chi connectivity index (χ1) is 8.29. The van der Waals surface area contributed by atoms with Crippen molar-refractivity contribution in [3.63, 3.8) is 0 Å². The third-order valence-electron chi connectivity index (χ3n) is 3.53. The fraction of sp³-hybridized carbons (Fsp3) is 0.571. The van der Waals surface area contributed by atoms with Crippen LogP contribution in [0.1, 0.15) is 25.3 Å². The van der Waals surface area contributed by atoms with E-state index in [2.05, 4.69) is 29.3 Å². The van der Waals surface area contributed by atoms with Crippen LogP contribution < -0.4 is 5.32 Å². The highest BCUT2D eigenvalue weighted by atomic mass is 35.5. The Kier molecular flexibility index (Phi) is 9.85. The van der Waals surface area contributed by atoms with E-state index in [0.29, 0.717) is 0 Å². The average molecular weight is 326 g/mol. The molecular formula is C14H23Cl3N2. The molecule has 0 bridgehead atoms. The number of nitrogens with one attached hydrogen (secondary N) is 1. The van der Waals surface area contributed by atoms with E-state index >= 15 is 0 Å². The molecule has 1 saturated heterocycles. The van der Waals surface area contributed by atoms with Gasteiger partial charge in [0.2, 0.25) is 0 Å². The molecule has 1 aromatic carbocycles. The highest BCUT2D eigenvalue weighted by molar-refractivity contribution is 6.30. The number of likely N-dealkylation sites (tertiary alicyclic amines) is 1. The van der Waals surface area contributed by atoms with Gasteiger partial charge in [-0.2, -0.15) is 0 Å². The quantitative estimate of drug-likeness (QED) is 0.887. The van der Waals surface area contributed by atoms with Crippen molar-refractivity contribution in [3.05, 3.63) is 34.9 Å². The average Bonchev–Trinajstić information content (AvgIpc) is 2.79. The summed E-state index contributed by atoms with van der Waals surface area (Å²) in [5, 5.41) is 4.35. The first kappa shape index (κ1) is 19.0. The van der Waals surface area contributed by atoms with E-state index in [1.807, 2.05) is 12.1 Å². The van der Waals surface area contributed by atoms with Crippen LogP contribution in [-0.2, 0) is 6.54 Å². The molecule has 1 aromatic rings. The Balaban J connectivity index is 0.00000162. The lowest BCUT2D eigenvalue weighted by Gasteiger charge is -2.23. The summed E-state index contributed by atoms with van der Waals surface area (Å²) in [5.74, 6) is 0. The molecule has 0 saturated carbocycles. The summed E-state index contributed by atoms with van der Waals surface area (Å²) >= 11 is 5.86. The third kappa shape index (κ3) is 5.88. The molecule has 1 heterocycles. The van der Waals surface area contributed by atoms with E-state index < -0.39 is 0 Å². The first-order valence-electron chi connectivity index (χ1n) is 6.49. The molecule has 110 valence electrons. The van der Waals surface area contributed by atoms with Crippen LogP contribution in [0.25, 0.3) is 0 Å². The summed E-state index contributed by atoms with van der Waals surface area (Å²) in [5.41, 5.74) is 1.30. The van der Waals surface area contributed by atoms with Gasteiger partial charge in [0.05, 0.1) is 0 Å². The fourth-order valence-electron chi connectivity index (χ4n) is 2.53. The molecule has 0 amide bonds. The molecular weight excluding hydrogens is 303 g/mol. The van der Waals surface area contributed by atoms with Gasteiger partial charge in [0.25, 0.3) is 0 Å². The molecule has 1 atom stereocenters. The Labute approximate surface area is 133 Å². The van der Waals surface area contributed by atoms with Crippen molar-refractivity contribution in [2.45, 2.75) is 32.4 Å². The number of benzene rings is 1. The van der Waals surface area contributed by atoms with Gasteiger partial charge in [-0.3, -0.25) is 4.90 Å². The van der Waals surface area contributed by atoms with Gasteiger partial charge in [-0.25, -0.2) is 0 Å². The predicted molar refractivity (Wildman–Crippen MR) is 87.9 cm³/mol. The normalized spacial score (nSPS) is 18.7. The lowest BCUT2D eigenvalue weighted by atomic mass is 10.2. The van der Waals surface area contributed by atoms with Gasteiger partial charge in [0.1, 0.15) is 0 Å². The van der Waals surface area contributed by atoms with Crippen LogP contribution in [0.5, 0.6) is 0 Å². The predicted octanol–water partition coefficient (Wildman–Crippen LogP) is 3.76. The SMILES string of the molecule is CCN1CCCC1CNCc1ccc(Cl)cc1.Cl.Cl. The van der Waals surface area contributed by atoms with E-state index in [1.165, 1.54) is 31.5 Å². The van der Waals surface area contributed by atoms with Crippen LogP contribution in [0.4, 0.5) is 0 Å². The van der Waals surface area contributed by atoms with E-state index in [0.717, 1.165) is 24.2 Å². The molecule has 0 aliphatic carbocycles. The van der Waals surface area contributed by atoms with Gasteiger partial charge in [0.15, 0.2) is 0 Å². The van der Waals surface area contributed by atoms with Crippen LogP contribution in [-0.4, -0.2) is 30.6 Å². The fourth-order valence-corrected chi connectivity index (χ4v) is 2.65. The maximum Gasteiger partial charge on any atom is 0.0406 e. The minimum atomic E-state index is 0. The zero-order chi connectivity index (χ0) is 12.1. The van der Waals surface area contributed by atoms with Gasteiger partial charge < -0.3 is 5.32 Å². The van der Waals surface area contributed by atoms with E-state index in [1.54, 1.807) is 0 Å². The number of nitrogens with zero attached hydrogens (tertiary/aromatic N) is 1. The lowest BCUT2D eigenvalue weighted by Crippen LogP contribution is -2.37. The van der Waals surface area contributed by atoms with Gasteiger partial charge in [-0.1, -0.05) is 30.7 Å². The van der Waals surface area contributed by atoms with Crippen molar-refractivity contribution in [1.82, 2.24) is 10.2 Å². The highest BCUT2D eigenvalue weighted by Gasteiger charge is 2.21. The van der Waals surface area contributed by atoms with Crippen LogP contribution >= 0.6 is 36.4 Å². The zero-order valence-corrected chi connectivity index (χ0v) is 13.7. The Hall–Kier alpha value is 0.01000. The number of rotatable bonds is 5. The van der Waals surface area contributed by atoms with Gasteiger partial charge in [-0.05, 0) is 43.6 Å². The standard InChI is InChI=1S/C14H21ClN2.2ClH/c1-2-17-9-3-4-14(17)11-16-10-12-5-7-13(15)8-6-12;;/h5-8,14,16H,2-4,9-11H2,1H3;2*1H. The van der Waals surface area contributed by atoms with Crippen molar-refractivity contribution >= 4 is 36.4 Å². The molecule has 0 spiro atoms. The maximum absolute atomic E-state index is 5.86. The summed E-state index contributed by atoms with van der Waals surface area (Å²) in [7, 11) is 0. The summed E-state index contributed by atoms with van der Waals surface area (Å²) in [6, 6.07) is 8.80. The Bertz CT molecular complexity index is 343. The molecule has 0 radical (unpaired) electrons. The van der Waals surface area contributed by atoms with Crippen molar-refractivity contribution in [2.24, 2.45) is 0 Å². The van der Waals surface area contributed by atoms with Gasteiger partial charge in [-0.15, -0.1) is 24.8 Å². The number of hydrogen-bond donors (Lipinski definition) is 1. The molecule has 1 fully saturated rings. The van der Waals surface area contributed by atoms with Crippen molar-refractivity contribution in [2.75, 3.05) is 19.6 Å². The second-order valence-electron chi connectivity index (χ2n) is 4.68. The summed E-state index contributed by atoms with van der Waals surface area (Å²) in [6.45, 7) is 6.72. The summed E-state index contributed by atoms with van der Waals surface area (Å²) < 4.78 is 0. The summed E-state index contributed by atoms with van der Waals surface area (Å²) in [4.78, 5) is 2.56. The van der Waals surface area contributed by atoms with E-state index in [-0.39, 0.29) is 24.8 Å². The molecule has 5 heteroatoms. The molecule has 1 aliphatic heterocycles. The van der Waals surface area contributed by atoms with Gasteiger partial charge in [0, 0.05) is 24.2 Å². The monoisotopic (exact) mass is 324 g/mol. The largest absolute Gasteiger partial charge is 0.311 e. The van der Waals surface area contributed by atoms with Crippen LogP contribution in [0.2, 0.25) is 5.02 Å². The zero-order valence-electron chi connectivity index (χ0n) is 11.3. The molecule has 1 unspecified atom stereocenters. The molecule has 0 aromatic heterocycles. The minimum Gasteiger partial charge on any atom is -0.311 e. The number of halogens is 3. The second-order valence-corrected chi connectivity index (χ2v) is 5.12. The smallest absolute Gasteiger partial charge is 0.0406 e. The molecule has 2 rings (SSSR count). The Morgan fingerprint density at radius 1 is 1.26 bits per heavy atom. The van der Waals surface area contributed by atoms with Crippen molar-refractivity contribution in [1.29, 1.82) is 0 Å². The topological polar surface area (TPSA) is 15.3 Å². The van der Waals surface area contributed by atoms with E-state index in [9.17, 15) is 0 Å². The van der Waals surface area contributed by atoms with Crippen molar-refractivity contribution < 1.29 is 0 Å². The first-order valence-corrected chi connectivity index (χ1v) is 6.86. The third-order valence-corrected chi connectivity index (χ3v) is 3.78. The van der Waals surface area contributed by atoms with Crippen LogP contribution in [0.3, 0.4) is 0 Å². The Morgan fingerprint density at radius 3 is 2.58 bits per heavy atom. The molecule has 1 N–H and O–H groups in total. The second kappa shape index (κ2) is 9.84. The van der Waals surface area contributed by atoms with Crippen LogP contribution in [0.15, 0.2) is 24.3 Å². The lowest BCUT2D eigenvalue weighted by molar-refractivity contribution is 0.260. The molecule has 19 heavy (non-hydrogen) atoms. The molecule has 1 aliphatic rings. The van der Waals surface area contributed by atoms with E-state index in [4.69, 9.17) is 11.6 Å². The maximum atomic E-state index is 5.86. The van der Waals surface area contributed by atoms with Crippen molar-refractivity contribution in [3.8, 4) is 0 Å².